The standard InChI is InChI=1S/C29H47N7O14/c1-15(37)33-18(27(45)46)7-12-24(41)36-20(29(49)50)8-11-22(39)34-16(14-25(42)43)5-9-23(40)35-19(28(47)48)6-10-21(38)32-13-3-2-4-17(30)26(31)44/h16-20H,2-14,30H2,1H3,(H2,31,44)(H,32,38)(H,33,37)(H,34,39)(H,35,40)(H,36,41)(H,42,43)(H,45,46)(H,47,48)(H,49,50)/t16-,17-,18-,19-,20-/m0/s1. The van der Waals surface area contributed by atoms with Gasteiger partial charge in [-0.2, -0.15) is 0 Å². The minimum absolute atomic E-state index is 0.242. The Kier molecular flexibility index (Phi) is 21.3. The first-order valence-electron chi connectivity index (χ1n) is 15.7. The molecule has 0 aromatic heterocycles. The van der Waals surface area contributed by atoms with Crippen LogP contribution in [-0.4, -0.2) is 117 Å². The largest absolute Gasteiger partial charge is 0.481 e. The first-order valence-corrected chi connectivity index (χ1v) is 15.7. The SMILES string of the molecule is CC(=O)N[C@@H](CCC(=O)N[C@@H](CCC(=O)N[C@@H](CCC(=O)N[C@@H](CCC(=O)NCCCC[C@H](N)C(N)=O)C(=O)O)CC(=O)O)C(=O)O)C(=O)O. The molecule has 21 heteroatoms. The zero-order valence-electron chi connectivity index (χ0n) is 27.6. The van der Waals surface area contributed by atoms with Gasteiger partial charge in [0, 0.05) is 45.2 Å². The van der Waals surface area contributed by atoms with Gasteiger partial charge in [-0.15, -0.1) is 0 Å². The molecule has 0 unspecified atom stereocenters. The molecule has 21 nitrogen and oxygen atoms in total. The molecular weight excluding hydrogens is 670 g/mol. The molecule has 6 amide bonds. The van der Waals surface area contributed by atoms with Crippen molar-refractivity contribution in [1.82, 2.24) is 26.6 Å². The molecule has 0 aromatic carbocycles. The van der Waals surface area contributed by atoms with Gasteiger partial charge in [-0.1, -0.05) is 0 Å². The van der Waals surface area contributed by atoms with Crippen LogP contribution in [0.25, 0.3) is 0 Å². The number of carbonyl (C=O) groups excluding carboxylic acids is 6. The van der Waals surface area contributed by atoms with Crippen LogP contribution in [0, 0.1) is 0 Å². The van der Waals surface area contributed by atoms with Crippen LogP contribution in [-0.2, 0) is 47.9 Å². The highest BCUT2D eigenvalue weighted by Gasteiger charge is 2.26. The van der Waals surface area contributed by atoms with Crippen LogP contribution in [0.4, 0.5) is 0 Å². The fourth-order valence-electron chi connectivity index (χ4n) is 4.37. The second-order valence-electron chi connectivity index (χ2n) is 11.4. The number of nitrogens with one attached hydrogen (secondary N) is 5. The van der Waals surface area contributed by atoms with Gasteiger partial charge in [-0.3, -0.25) is 33.6 Å². The van der Waals surface area contributed by atoms with Gasteiger partial charge in [-0.05, 0) is 44.9 Å². The van der Waals surface area contributed by atoms with Gasteiger partial charge in [0.2, 0.25) is 35.4 Å². The lowest BCUT2D eigenvalue weighted by molar-refractivity contribution is -0.143. The summed E-state index contributed by atoms with van der Waals surface area (Å²) in [5.74, 6) is -9.89. The van der Waals surface area contributed by atoms with Crippen LogP contribution in [0.15, 0.2) is 0 Å². The van der Waals surface area contributed by atoms with E-state index in [4.69, 9.17) is 16.6 Å². The van der Waals surface area contributed by atoms with Crippen molar-refractivity contribution in [2.75, 3.05) is 6.54 Å². The smallest absolute Gasteiger partial charge is 0.326 e. The number of hydrogen-bond donors (Lipinski definition) is 11. The summed E-state index contributed by atoms with van der Waals surface area (Å²) in [7, 11) is 0. The number of carbonyl (C=O) groups is 10. The van der Waals surface area contributed by atoms with E-state index in [9.17, 15) is 63.3 Å². The van der Waals surface area contributed by atoms with E-state index in [0.29, 0.717) is 19.3 Å². The zero-order valence-corrected chi connectivity index (χ0v) is 27.6. The number of unbranched alkanes of at least 4 members (excludes halogenated alkanes) is 1. The second-order valence-corrected chi connectivity index (χ2v) is 11.4. The Labute approximate surface area is 286 Å². The topological polar surface area (TPSA) is 364 Å². The Balaban J connectivity index is 4.88. The highest BCUT2D eigenvalue weighted by molar-refractivity contribution is 5.87. The van der Waals surface area contributed by atoms with E-state index in [-0.39, 0.29) is 32.2 Å². The minimum atomic E-state index is -1.57. The number of aliphatic carboxylic acids is 4. The average molecular weight is 718 g/mol. The third-order valence-corrected chi connectivity index (χ3v) is 7.06. The lowest BCUT2D eigenvalue weighted by atomic mass is 10.1. The quantitative estimate of drug-likeness (QED) is 0.0375. The van der Waals surface area contributed by atoms with Crippen molar-refractivity contribution in [2.24, 2.45) is 11.5 Å². The van der Waals surface area contributed by atoms with Crippen molar-refractivity contribution in [3.8, 4) is 0 Å². The van der Waals surface area contributed by atoms with Gasteiger partial charge in [0.25, 0.3) is 0 Å². The number of nitrogens with two attached hydrogens (primary N) is 2. The van der Waals surface area contributed by atoms with E-state index in [0.717, 1.165) is 6.92 Å². The maximum absolute atomic E-state index is 12.5. The monoisotopic (exact) mass is 717 g/mol. The van der Waals surface area contributed by atoms with E-state index >= 15 is 0 Å². The molecule has 0 bridgehead atoms. The molecule has 0 aliphatic carbocycles. The van der Waals surface area contributed by atoms with Crippen LogP contribution >= 0.6 is 0 Å². The molecular formula is C29H47N7O14. The summed E-state index contributed by atoms with van der Waals surface area (Å²) in [5, 5.41) is 48.7. The number of primary amides is 1. The van der Waals surface area contributed by atoms with Gasteiger partial charge in [0.1, 0.15) is 18.1 Å². The van der Waals surface area contributed by atoms with Crippen LogP contribution in [0.1, 0.15) is 84.0 Å². The molecule has 50 heavy (non-hydrogen) atoms. The second kappa shape index (κ2) is 23.9. The van der Waals surface area contributed by atoms with Gasteiger partial charge in [0.05, 0.1) is 12.5 Å². The van der Waals surface area contributed by atoms with Crippen LogP contribution in [0.2, 0.25) is 0 Å². The van der Waals surface area contributed by atoms with Crippen molar-refractivity contribution in [3.63, 3.8) is 0 Å². The van der Waals surface area contributed by atoms with Crippen LogP contribution < -0.4 is 38.1 Å². The van der Waals surface area contributed by atoms with Crippen molar-refractivity contribution in [1.29, 1.82) is 0 Å². The van der Waals surface area contributed by atoms with E-state index in [2.05, 4.69) is 26.6 Å². The summed E-state index contributed by atoms with van der Waals surface area (Å²) in [4.78, 5) is 117. The summed E-state index contributed by atoms with van der Waals surface area (Å²) in [5.41, 5.74) is 10.6. The predicted octanol–water partition coefficient (Wildman–Crippen LogP) is -3.11. The maximum Gasteiger partial charge on any atom is 0.326 e. The first kappa shape index (κ1) is 44.7. The Morgan fingerprint density at radius 1 is 0.560 bits per heavy atom. The summed E-state index contributed by atoms with van der Waals surface area (Å²) < 4.78 is 0. The molecule has 0 rings (SSSR count). The number of carboxylic acid groups (broad SMARTS) is 4. The Morgan fingerprint density at radius 2 is 0.980 bits per heavy atom. The Bertz CT molecular complexity index is 1240. The Morgan fingerprint density at radius 3 is 1.40 bits per heavy atom. The van der Waals surface area contributed by atoms with Gasteiger partial charge in [0.15, 0.2) is 0 Å². The van der Waals surface area contributed by atoms with Crippen LogP contribution in [0.3, 0.4) is 0 Å². The third kappa shape index (κ3) is 21.5. The summed E-state index contributed by atoms with van der Waals surface area (Å²) in [6.07, 6.45) is -2.15. The summed E-state index contributed by atoms with van der Waals surface area (Å²) >= 11 is 0. The van der Waals surface area contributed by atoms with E-state index in [1.807, 2.05) is 0 Å². The lowest BCUT2D eigenvalue weighted by Crippen LogP contribution is -2.44. The number of carboxylic acids is 4. The molecule has 0 heterocycles. The van der Waals surface area contributed by atoms with Crippen molar-refractivity contribution in [2.45, 2.75) is 114 Å². The normalized spacial score (nSPS) is 13.6. The van der Waals surface area contributed by atoms with Crippen molar-refractivity contribution in [3.05, 3.63) is 0 Å². The number of amides is 6. The highest BCUT2D eigenvalue weighted by Crippen LogP contribution is 2.08. The Hall–Kier alpha value is -5.34. The molecule has 5 atom stereocenters. The molecule has 282 valence electrons. The fraction of sp³-hybridized carbons (Fsp3) is 0.655. The van der Waals surface area contributed by atoms with Gasteiger partial charge in [-0.25, -0.2) is 14.4 Å². The first-order chi connectivity index (χ1) is 23.3. The van der Waals surface area contributed by atoms with E-state index < -0.39 is 122 Å². The van der Waals surface area contributed by atoms with Crippen LogP contribution in [0.5, 0.6) is 0 Å². The molecule has 0 aromatic rings. The predicted molar refractivity (Wildman–Crippen MR) is 170 cm³/mol. The van der Waals surface area contributed by atoms with E-state index in [1.165, 1.54) is 0 Å². The van der Waals surface area contributed by atoms with Gasteiger partial charge >= 0.3 is 23.9 Å². The van der Waals surface area contributed by atoms with E-state index in [1.54, 1.807) is 0 Å². The van der Waals surface area contributed by atoms with Gasteiger partial charge < -0.3 is 58.5 Å². The lowest BCUT2D eigenvalue weighted by Gasteiger charge is -2.19. The third-order valence-electron chi connectivity index (χ3n) is 7.06. The molecule has 0 aliphatic rings. The molecule has 0 saturated heterocycles. The van der Waals surface area contributed by atoms with Crippen molar-refractivity contribution < 1.29 is 68.4 Å². The molecule has 0 radical (unpaired) electrons. The fourth-order valence-corrected chi connectivity index (χ4v) is 4.37. The molecule has 0 aliphatic heterocycles. The molecule has 13 N–H and O–H groups in total. The molecule has 0 saturated carbocycles. The summed E-state index contributed by atoms with van der Waals surface area (Å²) in [6, 6.07) is -6.30. The number of hydrogen-bond acceptors (Lipinski definition) is 11. The number of rotatable bonds is 27. The summed E-state index contributed by atoms with van der Waals surface area (Å²) in [6.45, 7) is 1.32. The minimum Gasteiger partial charge on any atom is -0.481 e. The maximum atomic E-state index is 12.5. The molecule has 0 fully saturated rings. The van der Waals surface area contributed by atoms with Crippen molar-refractivity contribution >= 4 is 59.3 Å². The zero-order chi connectivity index (χ0) is 38.4. The molecule has 0 spiro atoms. The highest BCUT2D eigenvalue weighted by atomic mass is 16.4. The average Bonchev–Trinajstić information content (AvgIpc) is 3.00.